The van der Waals surface area contributed by atoms with Crippen LogP contribution in [0.1, 0.15) is 44.1 Å². The van der Waals surface area contributed by atoms with Crippen molar-refractivity contribution in [2.24, 2.45) is 5.73 Å². The topological polar surface area (TPSA) is 35.2 Å². The number of ether oxygens (including phenoxy) is 1. The second kappa shape index (κ2) is 4.18. The molecule has 17 heavy (non-hydrogen) atoms. The van der Waals surface area contributed by atoms with E-state index in [2.05, 4.69) is 6.07 Å². The maximum absolute atomic E-state index is 6.28. The van der Waals surface area contributed by atoms with Crippen molar-refractivity contribution in [2.45, 2.75) is 50.2 Å². The minimum Gasteiger partial charge on any atom is -0.489 e. The van der Waals surface area contributed by atoms with Crippen LogP contribution < -0.4 is 10.5 Å². The van der Waals surface area contributed by atoms with E-state index in [1.165, 1.54) is 12.8 Å². The van der Waals surface area contributed by atoms with Crippen LogP contribution in [0.3, 0.4) is 0 Å². The van der Waals surface area contributed by atoms with Crippen LogP contribution in [-0.4, -0.2) is 6.10 Å². The standard InChI is InChI=1S/C14H18ClNO/c15-12-9-10(14(16)7-2-8-14)5-6-13(12)17-11-3-1-4-11/h5-6,9,11H,1-4,7-8,16H2. The summed E-state index contributed by atoms with van der Waals surface area (Å²) in [6.07, 6.45) is 7.28. The second-order valence-corrected chi connectivity index (χ2v) is 5.73. The summed E-state index contributed by atoms with van der Waals surface area (Å²) in [6.45, 7) is 0. The molecule has 0 unspecified atom stereocenters. The summed E-state index contributed by atoms with van der Waals surface area (Å²) in [7, 11) is 0. The maximum Gasteiger partial charge on any atom is 0.138 e. The molecule has 3 rings (SSSR count). The zero-order chi connectivity index (χ0) is 11.9. The van der Waals surface area contributed by atoms with Gasteiger partial charge in [0, 0.05) is 5.54 Å². The Morgan fingerprint density at radius 1 is 1.24 bits per heavy atom. The fourth-order valence-electron chi connectivity index (χ4n) is 2.42. The first-order valence-electron chi connectivity index (χ1n) is 6.43. The van der Waals surface area contributed by atoms with Gasteiger partial charge in [-0.25, -0.2) is 0 Å². The number of benzene rings is 1. The molecule has 92 valence electrons. The molecule has 2 fully saturated rings. The summed E-state index contributed by atoms with van der Waals surface area (Å²) < 4.78 is 5.83. The average Bonchev–Trinajstić information content (AvgIpc) is 2.21. The first kappa shape index (κ1) is 11.4. The summed E-state index contributed by atoms with van der Waals surface area (Å²) in [5, 5.41) is 0.700. The lowest BCUT2D eigenvalue weighted by atomic mass is 9.73. The molecule has 0 amide bonds. The molecule has 1 aromatic rings. The van der Waals surface area contributed by atoms with Crippen LogP contribution in [0.5, 0.6) is 5.75 Å². The molecule has 0 aromatic heterocycles. The van der Waals surface area contributed by atoms with Crippen LogP contribution in [0.2, 0.25) is 5.02 Å². The second-order valence-electron chi connectivity index (χ2n) is 5.33. The Morgan fingerprint density at radius 2 is 2.00 bits per heavy atom. The van der Waals surface area contributed by atoms with Gasteiger partial charge >= 0.3 is 0 Å². The third-order valence-electron chi connectivity index (χ3n) is 4.10. The fourth-order valence-corrected chi connectivity index (χ4v) is 2.65. The molecule has 0 spiro atoms. The zero-order valence-electron chi connectivity index (χ0n) is 9.92. The van der Waals surface area contributed by atoms with Crippen molar-refractivity contribution in [1.82, 2.24) is 0 Å². The lowest BCUT2D eigenvalue weighted by Gasteiger charge is -2.39. The Bertz CT molecular complexity index is 424. The summed E-state index contributed by atoms with van der Waals surface area (Å²) in [4.78, 5) is 0. The Morgan fingerprint density at radius 3 is 2.47 bits per heavy atom. The van der Waals surface area contributed by atoms with Gasteiger partial charge in [-0.2, -0.15) is 0 Å². The van der Waals surface area contributed by atoms with Gasteiger partial charge in [0.15, 0.2) is 0 Å². The quantitative estimate of drug-likeness (QED) is 0.891. The third-order valence-corrected chi connectivity index (χ3v) is 4.39. The van der Waals surface area contributed by atoms with Crippen LogP contribution in [0.25, 0.3) is 0 Å². The minimum absolute atomic E-state index is 0.140. The summed E-state index contributed by atoms with van der Waals surface area (Å²) in [5.41, 5.74) is 7.29. The van der Waals surface area contributed by atoms with Gasteiger partial charge in [0.05, 0.1) is 11.1 Å². The molecule has 2 N–H and O–H groups in total. The molecule has 0 bridgehead atoms. The third kappa shape index (κ3) is 2.04. The highest BCUT2D eigenvalue weighted by Crippen LogP contribution is 2.41. The Balaban J connectivity index is 1.78. The maximum atomic E-state index is 6.28. The molecule has 0 atom stereocenters. The molecule has 2 saturated carbocycles. The molecule has 2 aliphatic rings. The van der Waals surface area contributed by atoms with Crippen molar-refractivity contribution in [3.63, 3.8) is 0 Å². The van der Waals surface area contributed by atoms with Crippen molar-refractivity contribution in [3.05, 3.63) is 28.8 Å². The number of hydrogen-bond donors (Lipinski definition) is 1. The SMILES string of the molecule is NC1(c2ccc(OC3CCC3)c(Cl)c2)CCC1. The van der Waals surface area contributed by atoms with Crippen molar-refractivity contribution in [1.29, 1.82) is 0 Å². The minimum atomic E-state index is -0.140. The van der Waals surface area contributed by atoms with E-state index in [9.17, 15) is 0 Å². The van der Waals surface area contributed by atoms with Crippen LogP contribution in [-0.2, 0) is 5.54 Å². The van der Waals surface area contributed by atoms with Crippen molar-refractivity contribution in [2.75, 3.05) is 0 Å². The smallest absolute Gasteiger partial charge is 0.138 e. The van der Waals surface area contributed by atoms with E-state index in [1.54, 1.807) is 0 Å². The van der Waals surface area contributed by atoms with E-state index in [0.717, 1.165) is 37.0 Å². The van der Waals surface area contributed by atoms with Crippen LogP contribution in [0.15, 0.2) is 18.2 Å². The van der Waals surface area contributed by atoms with E-state index < -0.39 is 0 Å². The van der Waals surface area contributed by atoms with E-state index in [-0.39, 0.29) is 5.54 Å². The van der Waals surface area contributed by atoms with Gasteiger partial charge in [-0.1, -0.05) is 17.7 Å². The highest BCUT2D eigenvalue weighted by Gasteiger charge is 2.34. The van der Waals surface area contributed by atoms with Crippen molar-refractivity contribution >= 4 is 11.6 Å². The van der Waals surface area contributed by atoms with Crippen LogP contribution in [0.4, 0.5) is 0 Å². The first-order valence-corrected chi connectivity index (χ1v) is 6.81. The highest BCUT2D eigenvalue weighted by molar-refractivity contribution is 6.32. The van der Waals surface area contributed by atoms with E-state index >= 15 is 0 Å². The molecule has 1 aromatic carbocycles. The van der Waals surface area contributed by atoms with E-state index in [0.29, 0.717) is 11.1 Å². The summed E-state index contributed by atoms with van der Waals surface area (Å²) in [6, 6.07) is 6.02. The van der Waals surface area contributed by atoms with E-state index in [4.69, 9.17) is 22.1 Å². The van der Waals surface area contributed by atoms with Gasteiger partial charge in [0.1, 0.15) is 5.75 Å². The number of nitrogens with two attached hydrogens (primary N) is 1. The Kier molecular flexibility index (Phi) is 2.80. The fraction of sp³-hybridized carbons (Fsp3) is 0.571. The molecular weight excluding hydrogens is 234 g/mol. The normalized spacial score (nSPS) is 22.7. The molecule has 0 heterocycles. The van der Waals surface area contributed by atoms with Gasteiger partial charge in [0.25, 0.3) is 0 Å². The number of halogens is 1. The predicted molar refractivity (Wildman–Crippen MR) is 69.4 cm³/mol. The first-order chi connectivity index (χ1) is 8.17. The molecule has 2 nitrogen and oxygen atoms in total. The molecular formula is C14H18ClNO. The summed E-state index contributed by atoms with van der Waals surface area (Å²) >= 11 is 6.26. The molecule has 2 aliphatic carbocycles. The van der Waals surface area contributed by atoms with Crippen LogP contribution >= 0.6 is 11.6 Å². The van der Waals surface area contributed by atoms with Gasteiger partial charge in [-0.15, -0.1) is 0 Å². The molecule has 0 aliphatic heterocycles. The highest BCUT2D eigenvalue weighted by atomic mass is 35.5. The predicted octanol–water partition coefficient (Wildman–Crippen LogP) is 3.61. The Hall–Kier alpha value is -0.730. The van der Waals surface area contributed by atoms with Gasteiger partial charge in [-0.05, 0) is 56.2 Å². The van der Waals surface area contributed by atoms with Gasteiger partial charge in [-0.3, -0.25) is 0 Å². The van der Waals surface area contributed by atoms with E-state index in [1.807, 2.05) is 12.1 Å². The zero-order valence-corrected chi connectivity index (χ0v) is 10.7. The lowest BCUT2D eigenvalue weighted by molar-refractivity contribution is 0.120. The lowest BCUT2D eigenvalue weighted by Crippen LogP contribution is -2.43. The molecule has 3 heteroatoms. The van der Waals surface area contributed by atoms with Crippen LogP contribution in [0, 0.1) is 0 Å². The molecule has 0 radical (unpaired) electrons. The van der Waals surface area contributed by atoms with Gasteiger partial charge in [0.2, 0.25) is 0 Å². The van der Waals surface area contributed by atoms with Crippen molar-refractivity contribution < 1.29 is 4.74 Å². The average molecular weight is 252 g/mol. The Labute approximate surface area is 107 Å². The number of rotatable bonds is 3. The van der Waals surface area contributed by atoms with Crippen molar-refractivity contribution in [3.8, 4) is 5.75 Å². The number of hydrogen-bond acceptors (Lipinski definition) is 2. The summed E-state index contributed by atoms with van der Waals surface area (Å²) in [5.74, 6) is 0.808. The largest absolute Gasteiger partial charge is 0.489 e. The monoisotopic (exact) mass is 251 g/mol. The van der Waals surface area contributed by atoms with Gasteiger partial charge < -0.3 is 10.5 Å². The molecule has 0 saturated heterocycles.